The van der Waals surface area contributed by atoms with E-state index in [1.807, 2.05) is 0 Å². The van der Waals surface area contributed by atoms with Gasteiger partial charge in [-0.1, -0.05) is 24.3 Å². The normalized spacial score (nSPS) is 24.6. The summed E-state index contributed by atoms with van der Waals surface area (Å²) < 4.78 is 8.43. The van der Waals surface area contributed by atoms with Gasteiger partial charge in [0.1, 0.15) is 0 Å². The molecule has 1 aromatic heterocycles. The molecule has 134 valence electrons. The Morgan fingerprint density at radius 1 is 1.20 bits per heavy atom. The highest BCUT2D eigenvalue weighted by Gasteiger charge is 2.26. The summed E-state index contributed by atoms with van der Waals surface area (Å²) >= 11 is 0. The van der Waals surface area contributed by atoms with Gasteiger partial charge in [-0.3, -0.25) is 4.90 Å². The molecule has 1 N–H and O–H groups in total. The van der Waals surface area contributed by atoms with E-state index in [0.29, 0.717) is 19.2 Å². The van der Waals surface area contributed by atoms with Gasteiger partial charge in [0.05, 0.1) is 18.8 Å². The van der Waals surface area contributed by atoms with Crippen LogP contribution in [0.2, 0.25) is 0 Å². The average molecular weight is 340 g/mol. The quantitative estimate of drug-likeness (QED) is 0.907. The summed E-state index contributed by atoms with van der Waals surface area (Å²) in [4.78, 5) is 2.36. The largest absolute Gasteiger partial charge is 0.389 e. The molecule has 0 radical (unpaired) electrons. The summed E-state index contributed by atoms with van der Waals surface area (Å²) in [6.07, 6.45) is 5.19. The van der Waals surface area contributed by atoms with E-state index < -0.39 is 6.10 Å². The lowest BCUT2D eigenvalue weighted by Gasteiger charge is -2.36. The van der Waals surface area contributed by atoms with Crippen molar-refractivity contribution >= 4 is 0 Å². The smallest absolute Gasteiger partial charge is 0.0900 e. The fourth-order valence-corrected chi connectivity index (χ4v) is 4.31. The molecule has 1 aliphatic carbocycles. The highest BCUT2D eigenvalue weighted by Crippen LogP contribution is 2.32. The first-order valence-electron chi connectivity index (χ1n) is 9.49. The third-order valence-corrected chi connectivity index (χ3v) is 5.72. The first-order chi connectivity index (χ1) is 12.2. The Bertz CT molecular complexity index is 711. The first kappa shape index (κ1) is 16.8. The van der Waals surface area contributed by atoms with Crippen molar-refractivity contribution in [3.8, 4) is 0 Å². The van der Waals surface area contributed by atoms with Crippen molar-refractivity contribution in [1.29, 1.82) is 0 Å². The van der Waals surface area contributed by atoms with E-state index in [2.05, 4.69) is 59.0 Å². The number of rotatable bonds is 5. The van der Waals surface area contributed by atoms with Gasteiger partial charge in [0.25, 0.3) is 0 Å². The van der Waals surface area contributed by atoms with Gasteiger partial charge in [0, 0.05) is 37.6 Å². The molecule has 0 unspecified atom stereocenters. The van der Waals surface area contributed by atoms with Crippen molar-refractivity contribution in [3.05, 3.63) is 59.4 Å². The molecular formula is C21H28N2O2. The van der Waals surface area contributed by atoms with E-state index in [1.54, 1.807) is 0 Å². The van der Waals surface area contributed by atoms with E-state index >= 15 is 0 Å². The van der Waals surface area contributed by atoms with Crippen LogP contribution in [0.3, 0.4) is 0 Å². The second-order valence-electron chi connectivity index (χ2n) is 7.36. The predicted molar refractivity (Wildman–Crippen MR) is 98.5 cm³/mol. The molecule has 0 amide bonds. The number of ether oxygens (including phenoxy) is 1. The Hall–Kier alpha value is -1.62. The SMILES string of the molecule is C[C@@H]1c2cccn2CCN1C[C@@H](O)CO[C@H]1CCCc2ccccc21. The molecule has 0 spiro atoms. The molecule has 25 heavy (non-hydrogen) atoms. The van der Waals surface area contributed by atoms with Crippen molar-refractivity contribution in [2.24, 2.45) is 0 Å². The van der Waals surface area contributed by atoms with Crippen molar-refractivity contribution in [1.82, 2.24) is 9.47 Å². The Kier molecular flexibility index (Phi) is 4.93. The van der Waals surface area contributed by atoms with Crippen LogP contribution in [0.15, 0.2) is 42.6 Å². The van der Waals surface area contributed by atoms with Gasteiger partial charge in [-0.15, -0.1) is 0 Å². The molecule has 4 heteroatoms. The van der Waals surface area contributed by atoms with Crippen molar-refractivity contribution < 1.29 is 9.84 Å². The van der Waals surface area contributed by atoms with Crippen LogP contribution in [-0.4, -0.2) is 40.4 Å². The van der Waals surface area contributed by atoms with Crippen LogP contribution in [0.4, 0.5) is 0 Å². The average Bonchev–Trinajstić information content (AvgIpc) is 3.12. The maximum Gasteiger partial charge on any atom is 0.0900 e. The van der Waals surface area contributed by atoms with Crippen LogP contribution in [0, 0.1) is 0 Å². The van der Waals surface area contributed by atoms with Crippen LogP contribution >= 0.6 is 0 Å². The van der Waals surface area contributed by atoms with Gasteiger partial charge in [-0.05, 0) is 49.4 Å². The second kappa shape index (κ2) is 7.32. The molecule has 1 aliphatic heterocycles. The summed E-state index contributed by atoms with van der Waals surface area (Å²) in [7, 11) is 0. The third-order valence-electron chi connectivity index (χ3n) is 5.72. The summed E-state index contributed by atoms with van der Waals surface area (Å²) in [5.41, 5.74) is 4.05. The molecular weight excluding hydrogens is 312 g/mol. The number of aliphatic hydroxyl groups is 1. The summed E-state index contributed by atoms with van der Waals surface area (Å²) in [6, 6.07) is 13.2. The number of benzene rings is 1. The number of hydrogen-bond donors (Lipinski definition) is 1. The Balaban J connectivity index is 1.32. The standard InChI is InChI=1S/C21H28N2O2/c1-16-20-9-5-11-22(20)12-13-23(16)14-18(24)15-25-21-10-4-7-17-6-2-3-8-19(17)21/h2-3,5-6,8-9,11,16,18,21,24H,4,7,10,12-15H2,1H3/t16-,18-,21+/m1/s1. The minimum absolute atomic E-state index is 0.135. The van der Waals surface area contributed by atoms with Crippen LogP contribution in [0.25, 0.3) is 0 Å². The molecule has 2 heterocycles. The highest BCUT2D eigenvalue weighted by molar-refractivity contribution is 5.31. The number of hydrogen-bond acceptors (Lipinski definition) is 3. The van der Waals surface area contributed by atoms with Gasteiger partial charge < -0.3 is 14.4 Å². The number of nitrogens with zero attached hydrogens (tertiary/aromatic N) is 2. The number of aliphatic hydroxyl groups excluding tert-OH is 1. The third kappa shape index (κ3) is 3.52. The van der Waals surface area contributed by atoms with E-state index in [0.717, 1.165) is 32.4 Å². The summed E-state index contributed by atoms with van der Waals surface area (Å²) in [5.74, 6) is 0. The zero-order valence-corrected chi connectivity index (χ0v) is 15.0. The number of aromatic nitrogens is 1. The lowest BCUT2D eigenvalue weighted by molar-refractivity contribution is -0.0340. The van der Waals surface area contributed by atoms with E-state index in [1.165, 1.54) is 16.8 Å². The molecule has 0 bridgehead atoms. The first-order valence-corrected chi connectivity index (χ1v) is 9.49. The predicted octanol–water partition coefficient (Wildman–Crippen LogP) is 3.32. The molecule has 4 nitrogen and oxygen atoms in total. The van der Waals surface area contributed by atoms with Gasteiger partial charge in [0.2, 0.25) is 0 Å². The van der Waals surface area contributed by atoms with E-state index in [4.69, 9.17) is 4.74 Å². The number of aryl methyl sites for hydroxylation is 1. The molecule has 1 aromatic carbocycles. The number of β-amino-alcohol motifs (C(OH)–C–C–N with tert-alkyl or cyclic N) is 1. The van der Waals surface area contributed by atoms with Crippen molar-refractivity contribution in [2.75, 3.05) is 19.7 Å². The molecule has 4 rings (SSSR count). The Labute approximate surface area is 150 Å². The van der Waals surface area contributed by atoms with E-state index in [9.17, 15) is 5.11 Å². The van der Waals surface area contributed by atoms with Crippen LogP contribution in [-0.2, 0) is 17.7 Å². The summed E-state index contributed by atoms with van der Waals surface area (Å²) in [5, 5.41) is 10.5. The van der Waals surface area contributed by atoms with Gasteiger partial charge in [0.15, 0.2) is 0 Å². The topological polar surface area (TPSA) is 37.6 Å². The molecule has 2 aromatic rings. The Morgan fingerprint density at radius 3 is 3.00 bits per heavy atom. The summed E-state index contributed by atoms with van der Waals surface area (Å²) in [6.45, 7) is 5.27. The van der Waals surface area contributed by atoms with Crippen molar-refractivity contribution in [2.45, 2.75) is 51.0 Å². The molecule has 0 saturated heterocycles. The van der Waals surface area contributed by atoms with Crippen LogP contribution in [0.1, 0.15) is 48.7 Å². The van der Waals surface area contributed by atoms with Crippen LogP contribution < -0.4 is 0 Å². The fourth-order valence-electron chi connectivity index (χ4n) is 4.31. The van der Waals surface area contributed by atoms with Gasteiger partial charge in [-0.25, -0.2) is 0 Å². The highest BCUT2D eigenvalue weighted by atomic mass is 16.5. The molecule has 0 fully saturated rings. The van der Waals surface area contributed by atoms with Crippen molar-refractivity contribution in [3.63, 3.8) is 0 Å². The van der Waals surface area contributed by atoms with Gasteiger partial charge in [-0.2, -0.15) is 0 Å². The lowest BCUT2D eigenvalue weighted by atomic mass is 9.89. The van der Waals surface area contributed by atoms with Crippen LogP contribution in [0.5, 0.6) is 0 Å². The van der Waals surface area contributed by atoms with E-state index in [-0.39, 0.29) is 6.10 Å². The lowest BCUT2D eigenvalue weighted by Crippen LogP contribution is -2.42. The molecule has 0 saturated carbocycles. The maximum absolute atomic E-state index is 10.5. The number of fused-ring (bicyclic) bond motifs is 2. The maximum atomic E-state index is 10.5. The zero-order valence-electron chi connectivity index (χ0n) is 15.0. The van der Waals surface area contributed by atoms with Gasteiger partial charge >= 0.3 is 0 Å². The molecule has 2 aliphatic rings. The minimum atomic E-state index is -0.446. The Morgan fingerprint density at radius 2 is 2.08 bits per heavy atom. The zero-order chi connectivity index (χ0) is 17.2. The monoisotopic (exact) mass is 340 g/mol. The second-order valence-corrected chi connectivity index (χ2v) is 7.36. The molecule has 3 atom stereocenters. The fraction of sp³-hybridized carbons (Fsp3) is 0.524. The minimum Gasteiger partial charge on any atom is -0.389 e.